The minimum absolute atomic E-state index is 0.574. The molecule has 1 aromatic carbocycles. The maximum absolute atomic E-state index is 10.0. The smallest absolute Gasteiger partial charge is 0.237 e. The van der Waals surface area contributed by atoms with Crippen LogP contribution in [0, 0.1) is 0 Å². The fourth-order valence-corrected chi connectivity index (χ4v) is 1.19. The topological polar surface area (TPSA) is 55.2 Å². The highest BCUT2D eigenvalue weighted by Gasteiger charge is 1.98. The molecule has 0 saturated carbocycles. The predicted molar refractivity (Wildman–Crippen MR) is 55.2 cm³/mol. The Labute approximate surface area is 86.3 Å². The average Bonchev–Trinajstić information content (AvgIpc) is 2.32. The number of nitrogens with zero attached hydrogens (tertiary/aromatic N) is 3. The normalized spacial score (nSPS) is 9.33. The van der Waals surface area contributed by atoms with Crippen LogP contribution in [0.3, 0.4) is 0 Å². The molecule has 0 aliphatic carbocycles. The van der Waals surface area contributed by atoms with Gasteiger partial charge in [0.05, 0.1) is 5.69 Å². The molecule has 2 aromatic rings. The number of aliphatic imine (C=N–C) groups is 1. The summed E-state index contributed by atoms with van der Waals surface area (Å²) < 4.78 is 0. The zero-order chi connectivity index (χ0) is 10.5. The molecule has 0 aliphatic heterocycles. The quantitative estimate of drug-likeness (QED) is 0.547. The van der Waals surface area contributed by atoms with Crippen LogP contribution in [0.2, 0.25) is 0 Å². The van der Waals surface area contributed by atoms with Crippen molar-refractivity contribution in [1.29, 1.82) is 0 Å². The van der Waals surface area contributed by atoms with E-state index in [0.29, 0.717) is 11.5 Å². The van der Waals surface area contributed by atoms with Crippen molar-refractivity contribution in [3.8, 4) is 11.4 Å². The molecule has 1 heterocycles. The van der Waals surface area contributed by atoms with Gasteiger partial charge in [-0.15, -0.1) is 0 Å². The number of hydrogen-bond donors (Lipinski definition) is 0. The molecule has 0 spiro atoms. The molecule has 0 aliphatic rings. The molecule has 4 nitrogen and oxygen atoms in total. The van der Waals surface area contributed by atoms with Gasteiger partial charge in [-0.2, -0.15) is 4.99 Å². The van der Waals surface area contributed by atoms with Crippen LogP contribution in [0.5, 0.6) is 0 Å². The highest BCUT2D eigenvalue weighted by molar-refractivity contribution is 5.59. The number of carbonyl (C=O) groups excluding carboxylic acids is 1. The first kappa shape index (κ1) is 9.24. The monoisotopic (exact) mass is 197 g/mol. The minimum Gasteiger partial charge on any atom is -0.237 e. The zero-order valence-corrected chi connectivity index (χ0v) is 7.79. The Balaban J connectivity index is 2.36. The van der Waals surface area contributed by atoms with Gasteiger partial charge in [0.25, 0.3) is 0 Å². The third kappa shape index (κ3) is 2.13. The van der Waals surface area contributed by atoms with Gasteiger partial charge in [0.2, 0.25) is 6.08 Å². The molecule has 0 saturated heterocycles. The summed E-state index contributed by atoms with van der Waals surface area (Å²) >= 11 is 0. The van der Waals surface area contributed by atoms with Crippen molar-refractivity contribution in [3.63, 3.8) is 0 Å². The molecule has 0 unspecified atom stereocenters. The number of hydrogen-bond acceptors (Lipinski definition) is 4. The summed E-state index contributed by atoms with van der Waals surface area (Å²) in [7, 11) is 0. The first-order valence-electron chi connectivity index (χ1n) is 4.35. The predicted octanol–water partition coefficient (Wildman–Crippen LogP) is 2.11. The van der Waals surface area contributed by atoms with Gasteiger partial charge in [0.1, 0.15) is 0 Å². The van der Waals surface area contributed by atoms with Gasteiger partial charge in [-0.3, -0.25) is 0 Å². The van der Waals surface area contributed by atoms with Gasteiger partial charge >= 0.3 is 0 Å². The van der Waals surface area contributed by atoms with Crippen LogP contribution in [0.1, 0.15) is 0 Å². The van der Waals surface area contributed by atoms with Crippen molar-refractivity contribution < 1.29 is 4.79 Å². The molecular formula is C11H7N3O. The van der Waals surface area contributed by atoms with Crippen LogP contribution >= 0.6 is 0 Å². The molecule has 1 aromatic heterocycles. The van der Waals surface area contributed by atoms with E-state index < -0.39 is 0 Å². The largest absolute Gasteiger partial charge is 0.240 e. The van der Waals surface area contributed by atoms with Crippen molar-refractivity contribution in [2.75, 3.05) is 0 Å². The second-order valence-electron chi connectivity index (χ2n) is 2.82. The molecule has 0 radical (unpaired) electrons. The van der Waals surface area contributed by atoms with E-state index in [2.05, 4.69) is 15.0 Å². The van der Waals surface area contributed by atoms with E-state index in [1.165, 1.54) is 6.08 Å². The second kappa shape index (κ2) is 4.26. The Hall–Kier alpha value is -2.32. The van der Waals surface area contributed by atoms with Gasteiger partial charge in [0.15, 0.2) is 5.82 Å². The SMILES string of the molecule is O=C=Nc1ccc(-c2ncccn2)cc1. The van der Waals surface area contributed by atoms with E-state index in [-0.39, 0.29) is 0 Å². The first-order chi connectivity index (χ1) is 7.40. The summed E-state index contributed by atoms with van der Waals surface area (Å²) in [6.45, 7) is 0. The fraction of sp³-hybridized carbons (Fsp3) is 0. The van der Waals surface area contributed by atoms with E-state index >= 15 is 0 Å². The standard InChI is InChI=1S/C11H7N3O/c15-8-14-10-4-2-9(3-5-10)11-12-6-1-7-13-11/h1-7H. The van der Waals surface area contributed by atoms with E-state index in [1.807, 2.05) is 12.1 Å². The van der Waals surface area contributed by atoms with Crippen molar-refractivity contribution >= 4 is 11.8 Å². The Morgan fingerprint density at radius 2 is 1.73 bits per heavy atom. The van der Waals surface area contributed by atoms with Gasteiger partial charge < -0.3 is 0 Å². The lowest BCUT2D eigenvalue weighted by molar-refractivity contribution is 0.565. The maximum atomic E-state index is 10.0. The van der Waals surface area contributed by atoms with Crippen molar-refractivity contribution in [3.05, 3.63) is 42.7 Å². The van der Waals surface area contributed by atoms with Crippen LogP contribution in [-0.4, -0.2) is 16.0 Å². The highest BCUT2D eigenvalue weighted by Crippen LogP contribution is 2.18. The molecule has 0 fully saturated rings. The van der Waals surface area contributed by atoms with Crippen molar-refractivity contribution in [2.45, 2.75) is 0 Å². The van der Waals surface area contributed by atoms with Crippen LogP contribution in [-0.2, 0) is 4.79 Å². The summed E-state index contributed by atoms with van der Waals surface area (Å²) in [5, 5.41) is 0. The zero-order valence-electron chi connectivity index (χ0n) is 7.79. The number of rotatable bonds is 2. The first-order valence-corrected chi connectivity index (χ1v) is 4.35. The minimum atomic E-state index is 0.574. The van der Waals surface area contributed by atoms with Gasteiger partial charge in [-0.1, -0.05) is 0 Å². The molecule has 72 valence electrons. The third-order valence-corrected chi connectivity index (χ3v) is 1.87. The Bertz CT molecular complexity index is 487. The highest BCUT2D eigenvalue weighted by atomic mass is 16.1. The molecule has 15 heavy (non-hydrogen) atoms. The van der Waals surface area contributed by atoms with E-state index in [9.17, 15) is 4.79 Å². The molecular weight excluding hydrogens is 190 g/mol. The summed E-state index contributed by atoms with van der Waals surface area (Å²) in [4.78, 5) is 21.7. The average molecular weight is 197 g/mol. The Morgan fingerprint density at radius 3 is 2.33 bits per heavy atom. The molecule has 0 atom stereocenters. The lowest BCUT2D eigenvalue weighted by Gasteiger charge is -1.98. The van der Waals surface area contributed by atoms with E-state index in [0.717, 1.165) is 5.56 Å². The van der Waals surface area contributed by atoms with Crippen LogP contribution in [0.4, 0.5) is 5.69 Å². The summed E-state index contributed by atoms with van der Waals surface area (Å²) in [6.07, 6.45) is 4.85. The second-order valence-corrected chi connectivity index (χ2v) is 2.82. The van der Waals surface area contributed by atoms with Gasteiger partial charge in [-0.25, -0.2) is 14.8 Å². The molecule has 0 amide bonds. The fourth-order valence-electron chi connectivity index (χ4n) is 1.19. The Kier molecular flexibility index (Phi) is 2.63. The number of benzene rings is 1. The van der Waals surface area contributed by atoms with Crippen LogP contribution < -0.4 is 0 Å². The van der Waals surface area contributed by atoms with E-state index in [1.54, 1.807) is 30.6 Å². The maximum Gasteiger partial charge on any atom is 0.240 e. The molecule has 0 N–H and O–H groups in total. The Morgan fingerprint density at radius 1 is 1.07 bits per heavy atom. The van der Waals surface area contributed by atoms with Crippen LogP contribution in [0.25, 0.3) is 11.4 Å². The van der Waals surface area contributed by atoms with Crippen molar-refractivity contribution in [2.24, 2.45) is 4.99 Å². The molecule has 0 bridgehead atoms. The molecule has 4 heteroatoms. The molecule has 2 rings (SSSR count). The summed E-state index contributed by atoms with van der Waals surface area (Å²) in [6, 6.07) is 8.82. The third-order valence-electron chi connectivity index (χ3n) is 1.87. The van der Waals surface area contributed by atoms with Crippen LogP contribution in [0.15, 0.2) is 47.7 Å². The lowest BCUT2D eigenvalue weighted by atomic mass is 10.2. The van der Waals surface area contributed by atoms with Gasteiger partial charge in [0, 0.05) is 18.0 Å². The summed E-state index contributed by atoms with van der Waals surface area (Å²) in [5.74, 6) is 0.652. The summed E-state index contributed by atoms with van der Waals surface area (Å²) in [5.41, 5.74) is 1.46. The van der Waals surface area contributed by atoms with Crippen molar-refractivity contribution in [1.82, 2.24) is 9.97 Å². The number of isocyanates is 1. The van der Waals surface area contributed by atoms with E-state index in [4.69, 9.17) is 0 Å². The lowest BCUT2D eigenvalue weighted by Crippen LogP contribution is -1.85. The number of aromatic nitrogens is 2. The van der Waals surface area contributed by atoms with Gasteiger partial charge in [-0.05, 0) is 30.3 Å².